The molecular formula is C53H102NO7P. The lowest BCUT2D eigenvalue weighted by atomic mass is 10.0. The summed E-state index contributed by atoms with van der Waals surface area (Å²) in [7, 11) is -4.28. The average Bonchev–Trinajstić information content (AvgIpc) is 3.26. The molecule has 8 nitrogen and oxygen atoms in total. The Bertz CT molecular complexity index is 1050. The molecule has 0 aromatic carbocycles. The minimum atomic E-state index is -4.28. The van der Waals surface area contributed by atoms with Crippen LogP contribution >= 0.6 is 7.82 Å². The highest BCUT2D eigenvalue weighted by molar-refractivity contribution is 7.47. The van der Waals surface area contributed by atoms with Crippen LogP contribution in [0.4, 0.5) is 0 Å². The number of carbonyl (C=O) groups is 1. The summed E-state index contributed by atoms with van der Waals surface area (Å²) in [5, 5.41) is 0. The topological polar surface area (TPSA) is 117 Å². The molecule has 9 heteroatoms. The second-order valence-corrected chi connectivity index (χ2v) is 19.2. The van der Waals surface area contributed by atoms with Crippen LogP contribution in [0.5, 0.6) is 0 Å². The van der Waals surface area contributed by atoms with Crippen LogP contribution in [-0.4, -0.2) is 49.9 Å². The fourth-order valence-electron chi connectivity index (χ4n) is 7.65. The highest BCUT2D eigenvalue weighted by Crippen LogP contribution is 2.43. The highest BCUT2D eigenvalue weighted by atomic mass is 31.2. The third-order valence-corrected chi connectivity index (χ3v) is 12.5. The molecule has 0 rings (SSSR count). The van der Waals surface area contributed by atoms with E-state index in [9.17, 15) is 14.3 Å². The minimum Gasteiger partial charge on any atom is -0.457 e. The molecule has 0 aliphatic rings. The second kappa shape index (κ2) is 50.7. The summed E-state index contributed by atoms with van der Waals surface area (Å²) in [5.74, 6) is -0.329. The Morgan fingerprint density at radius 2 is 0.855 bits per heavy atom. The van der Waals surface area contributed by atoms with Gasteiger partial charge in [-0.15, -0.1) is 0 Å². The van der Waals surface area contributed by atoms with Gasteiger partial charge in [-0.05, 0) is 51.4 Å². The molecule has 0 aromatic heterocycles. The quantitative estimate of drug-likeness (QED) is 0.0268. The molecule has 0 amide bonds. The van der Waals surface area contributed by atoms with Crippen LogP contribution in [0, 0.1) is 0 Å². The zero-order valence-electron chi connectivity index (χ0n) is 40.9. The number of phosphoric acid groups is 1. The van der Waals surface area contributed by atoms with Crippen LogP contribution in [0.1, 0.15) is 258 Å². The Morgan fingerprint density at radius 1 is 0.484 bits per heavy atom. The van der Waals surface area contributed by atoms with E-state index in [0.717, 1.165) is 51.4 Å². The molecule has 0 fully saturated rings. The molecule has 0 aromatic rings. The second-order valence-electron chi connectivity index (χ2n) is 17.7. The molecule has 62 heavy (non-hydrogen) atoms. The fraction of sp³-hybridized carbons (Fsp3) is 0.868. The van der Waals surface area contributed by atoms with Gasteiger partial charge < -0.3 is 20.1 Å². The highest BCUT2D eigenvalue weighted by Gasteiger charge is 2.25. The van der Waals surface area contributed by atoms with E-state index in [2.05, 4.69) is 50.3 Å². The first kappa shape index (κ1) is 60.7. The Kier molecular flexibility index (Phi) is 49.7. The molecular weight excluding hydrogens is 794 g/mol. The number of hydrogen-bond donors (Lipinski definition) is 2. The molecule has 0 aliphatic heterocycles. The van der Waals surface area contributed by atoms with Crippen molar-refractivity contribution in [2.75, 3.05) is 33.0 Å². The zero-order chi connectivity index (χ0) is 45.1. The first-order valence-electron chi connectivity index (χ1n) is 26.5. The molecule has 0 radical (unpaired) electrons. The van der Waals surface area contributed by atoms with Crippen LogP contribution < -0.4 is 5.73 Å². The maximum absolute atomic E-state index is 12.7. The van der Waals surface area contributed by atoms with Crippen LogP contribution in [0.2, 0.25) is 0 Å². The van der Waals surface area contributed by atoms with Crippen LogP contribution in [0.25, 0.3) is 0 Å². The van der Waals surface area contributed by atoms with Gasteiger partial charge in [0.05, 0.1) is 19.8 Å². The number of carbonyl (C=O) groups excluding carboxylic acids is 1. The van der Waals surface area contributed by atoms with Crippen molar-refractivity contribution >= 4 is 13.8 Å². The summed E-state index contributed by atoms with van der Waals surface area (Å²) in [5.41, 5.74) is 5.39. The number of ether oxygens (including phenoxy) is 2. The molecule has 0 spiro atoms. The summed E-state index contributed by atoms with van der Waals surface area (Å²) in [4.78, 5) is 22.6. The van der Waals surface area contributed by atoms with E-state index >= 15 is 0 Å². The van der Waals surface area contributed by atoms with Crippen LogP contribution in [0.15, 0.2) is 36.5 Å². The van der Waals surface area contributed by atoms with Gasteiger partial charge in [0.1, 0.15) is 6.10 Å². The van der Waals surface area contributed by atoms with Gasteiger partial charge >= 0.3 is 13.8 Å². The van der Waals surface area contributed by atoms with E-state index in [-0.39, 0.29) is 32.3 Å². The van der Waals surface area contributed by atoms with Crippen LogP contribution in [0.3, 0.4) is 0 Å². The van der Waals surface area contributed by atoms with Crippen molar-refractivity contribution in [3.05, 3.63) is 36.5 Å². The molecule has 366 valence electrons. The first-order chi connectivity index (χ1) is 30.4. The Hall–Kier alpha value is -1.28. The van der Waals surface area contributed by atoms with Gasteiger partial charge in [0, 0.05) is 19.6 Å². The Morgan fingerprint density at radius 3 is 1.31 bits per heavy atom. The standard InChI is InChI=1S/C53H102NO7P/c1-3-5-7-9-11-13-15-17-19-21-23-25-26-27-28-30-32-34-36-38-40-42-44-46-53(55)61-52(51-60-62(56,57)59-49-47-54)50-58-48-45-43-41-39-37-35-33-31-29-24-22-20-18-16-14-12-10-8-6-4-2/h12,14,18,20,24,29,52H,3-11,13,15-17,19,21-23,25-28,30-51,54H2,1-2H3,(H,56,57)/b14-12-,20-18-,29-24-. The Labute approximate surface area is 384 Å². The number of unbranched alkanes of at least 4 members (excludes halogenated alkanes) is 32. The molecule has 0 saturated carbocycles. The lowest BCUT2D eigenvalue weighted by Gasteiger charge is -2.20. The van der Waals surface area contributed by atoms with Crippen LogP contribution in [-0.2, 0) is 27.9 Å². The van der Waals surface area contributed by atoms with Crippen molar-refractivity contribution in [1.82, 2.24) is 0 Å². The summed E-state index contributed by atoms with van der Waals surface area (Å²) in [6.07, 6.45) is 60.4. The molecule has 0 aliphatic carbocycles. The molecule has 2 atom stereocenters. The summed E-state index contributed by atoms with van der Waals surface area (Å²) in [6.45, 7) is 4.92. The predicted octanol–water partition coefficient (Wildman–Crippen LogP) is 16.5. The van der Waals surface area contributed by atoms with Gasteiger partial charge in [0.25, 0.3) is 0 Å². The number of phosphoric ester groups is 1. The summed E-state index contributed by atoms with van der Waals surface area (Å²) < 4.78 is 33.6. The number of esters is 1. The van der Waals surface area contributed by atoms with Gasteiger partial charge in [-0.25, -0.2) is 4.57 Å². The number of allylic oxidation sites excluding steroid dienone is 6. The summed E-state index contributed by atoms with van der Waals surface area (Å²) >= 11 is 0. The number of rotatable bonds is 51. The Balaban J connectivity index is 3.91. The minimum absolute atomic E-state index is 0.0963. The fourth-order valence-corrected chi connectivity index (χ4v) is 8.42. The van der Waals surface area contributed by atoms with Crippen molar-refractivity contribution < 1.29 is 32.8 Å². The maximum atomic E-state index is 12.7. The largest absolute Gasteiger partial charge is 0.472 e. The van der Waals surface area contributed by atoms with Gasteiger partial charge in [0.2, 0.25) is 0 Å². The molecule has 2 unspecified atom stereocenters. The van der Waals surface area contributed by atoms with Gasteiger partial charge in [0.15, 0.2) is 0 Å². The monoisotopic (exact) mass is 896 g/mol. The predicted molar refractivity (Wildman–Crippen MR) is 266 cm³/mol. The van der Waals surface area contributed by atoms with Crippen molar-refractivity contribution in [3.63, 3.8) is 0 Å². The molecule has 0 bridgehead atoms. The number of nitrogens with two attached hydrogens (primary N) is 1. The molecule has 0 saturated heterocycles. The van der Waals surface area contributed by atoms with E-state index in [1.807, 2.05) is 0 Å². The normalized spacial score (nSPS) is 13.5. The van der Waals surface area contributed by atoms with Crippen molar-refractivity contribution in [1.29, 1.82) is 0 Å². The average molecular weight is 896 g/mol. The SMILES string of the molecule is CCCCC/C=C\C/C=C\C/C=C\CCCCCCCCCOCC(COP(=O)(O)OCCN)OC(=O)CCCCCCCCCCCCCCCCCCCCCCCCC. The number of hydrogen-bond acceptors (Lipinski definition) is 7. The van der Waals surface area contributed by atoms with E-state index < -0.39 is 13.9 Å². The third-order valence-electron chi connectivity index (χ3n) is 11.6. The summed E-state index contributed by atoms with van der Waals surface area (Å²) in [6, 6.07) is 0. The van der Waals surface area contributed by atoms with E-state index in [0.29, 0.717) is 13.0 Å². The van der Waals surface area contributed by atoms with Crippen molar-refractivity contribution in [2.45, 2.75) is 264 Å². The lowest BCUT2D eigenvalue weighted by molar-refractivity contribution is -0.154. The van der Waals surface area contributed by atoms with E-state index in [1.54, 1.807) is 0 Å². The van der Waals surface area contributed by atoms with Crippen molar-refractivity contribution in [2.24, 2.45) is 5.73 Å². The molecule has 3 N–H and O–H groups in total. The smallest absolute Gasteiger partial charge is 0.457 e. The third kappa shape index (κ3) is 49.7. The van der Waals surface area contributed by atoms with E-state index in [1.165, 1.54) is 186 Å². The lowest BCUT2D eigenvalue weighted by Crippen LogP contribution is -2.28. The molecule has 0 heterocycles. The van der Waals surface area contributed by atoms with Crippen molar-refractivity contribution in [3.8, 4) is 0 Å². The zero-order valence-corrected chi connectivity index (χ0v) is 41.8. The van der Waals surface area contributed by atoms with Gasteiger partial charge in [-0.1, -0.05) is 237 Å². The van der Waals surface area contributed by atoms with E-state index in [4.69, 9.17) is 24.3 Å². The van der Waals surface area contributed by atoms with Gasteiger partial charge in [-0.3, -0.25) is 13.8 Å². The maximum Gasteiger partial charge on any atom is 0.472 e. The van der Waals surface area contributed by atoms with Gasteiger partial charge in [-0.2, -0.15) is 0 Å². The first-order valence-corrected chi connectivity index (χ1v) is 28.0.